The van der Waals surface area contributed by atoms with Gasteiger partial charge in [0.1, 0.15) is 11.5 Å². The largest absolute Gasteiger partial charge is 0.456 e. The van der Waals surface area contributed by atoms with Crippen molar-refractivity contribution in [2.24, 2.45) is 0 Å². The number of para-hydroxylation sites is 1. The van der Waals surface area contributed by atoms with E-state index in [2.05, 4.69) is 99.3 Å². The normalized spacial score (nSPS) is 14.4. The molecule has 1 heterocycles. The van der Waals surface area contributed by atoms with Crippen molar-refractivity contribution in [2.45, 2.75) is 51.9 Å². The van der Waals surface area contributed by atoms with Crippen molar-refractivity contribution in [3.8, 4) is 11.5 Å². The fourth-order valence-corrected chi connectivity index (χ4v) is 6.56. The first-order valence-electron chi connectivity index (χ1n) is 12.5. The van der Waals surface area contributed by atoms with Gasteiger partial charge in [0, 0.05) is 27.3 Å². The third kappa shape index (κ3) is 3.55. The molecule has 2 heteroatoms. The molecule has 34 heavy (non-hydrogen) atoms. The molecule has 5 aromatic rings. The topological polar surface area (TPSA) is 9.23 Å². The molecule has 6 rings (SSSR count). The van der Waals surface area contributed by atoms with E-state index in [0.29, 0.717) is 0 Å². The minimum absolute atomic E-state index is 0.108. The average molecular weight is 471 g/mol. The van der Waals surface area contributed by atoms with Crippen LogP contribution in [-0.2, 0) is 5.41 Å². The van der Waals surface area contributed by atoms with Crippen LogP contribution in [0.1, 0.15) is 52.7 Å². The minimum Gasteiger partial charge on any atom is -0.456 e. The van der Waals surface area contributed by atoms with Gasteiger partial charge in [0.25, 0.3) is 0 Å². The number of fused-ring (bicyclic) bond motifs is 3. The Hall–Kier alpha value is -2.71. The Morgan fingerprint density at radius 3 is 2.03 bits per heavy atom. The van der Waals surface area contributed by atoms with Crippen molar-refractivity contribution in [2.75, 3.05) is 18.8 Å². The fraction of sp³-hybridized carbons (Fsp3) is 0.312. The maximum atomic E-state index is 6.57. The first kappa shape index (κ1) is 24.4. The Morgan fingerprint density at radius 1 is 0.647 bits per heavy atom. The predicted octanol–water partition coefficient (Wildman–Crippen LogP) is 10.1. The van der Waals surface area contributed by atoms with Gasteiger partial charge in [-0.25, -0.2) is 10.0 Å². The maximum absolute atomic E-state index is 6.57. The lowest BCUT2D eigenvalue weighted by molar-refractivity contribution is 0.423. The van der Waals surface area contributed by atoms with E-state index < -0.39 is 10.0 Å². The Balaban J connectivity index is 0.000000652. The van der Waals surface area contributed by atoms with Gasteiger partial charge in [-0.2, -0.15) is 0 Å². The second-order valence-electron chi connectivity index (χ2n) is 9.80. The standard InChI is InChI=1S/C28H26OS.2C2H6/c1-28(2)21-11-6-7-12-23(21)29-27-20-14-13-17-9-8-10-19-24(30(3,4)5)16-18(15-22(27)28)26(20)25(17)19;2*1-2/h6-16H,1-5H3;2*1-2H3. The minimum atomic E-state index is -0.880. The third-order valence-corrected chi connectivity index (χ3v) is 8.44. The van der Waals surface area contributed by atoms with Gasteiger partial charge in [-0.1, -0.05) is 84.0 Å². The van der Waals surface area contributed by atoms with Gasteiger partial charge in [-0.3, -0.25) is 0 Å². The fourth-order valence-electron chi connectivity index (χ4n) is 5.25. The second-order valence-corrected chi connectivity index (χ2v) is 13.9. The molecule has 0 atom stereocenters. The zero-order valence-corrected chi connectivity index (χ0v) is 23.0. The SMILES string of the molecule is CC.CC.CC1(C)c2ccccc2Oc2c1cc1cc(S(C)(C)C)c3cccc4ccc2c1c43. The Labute approximate surface area is 206 Å². The summed E-state index contributed by atoms with van der Waals surface area (Å²) in [5, 5.41) is 7.98. The van der Waals surface area contributed by atoms with E-state index in [9.17, 15) is 0 Å². The zero-order chi connectivity index (χ0) is 24.8. The summed E-state index contributed by atoms with van der Waals surface area (Å²) in [6, 6.07) is 24.6. The Kier molecular flexibility index (Phi) is 6.33. The van der Waals surface area contributed by atoms with Crippen LogP contribution in [0.15, 0.2) is 71.6 Å². The van der Waals surface area contributed by atoms with Gasteiger partial charge in [-0.15, -0.1) is 0 Å². The third-order valence-electron chi connectivity index (χ3n) is 6.78. The molecular weight excluding hydrogens is 432 g/mol. The number of ether oxygens (including phenoxy) is 1. The number of hydrogen-bond acceptors (Lipinski definition) is 1. The van der Waals surface area contributed by atoms with Gasteiger partial charge in [0.15, 0.2) is 0 Å². The van der Waals surface area contributed by atoms with E-state index in [-0.39, 0.29) is 5.41 Å². The van der Waals surface area contributed by atoms with Crippen LogP contribution in [-0.4, -0.2) is 18.8 Å². The maximum Gasteiger partial charge on any atom is 0.139 e. The van der Waals surface area contributed by atoms with Crippen molar-refractivity contribution >= 4 is 42.3 Å². The average Bonchev–Trinajstić information content (AvgIpc) is 2.84. The molecule has 0 unspecified atom stereocenters. The van der Waals surface area contributed by atoms with Gasteiger partial charge < -0.3 is 4.74 Å². The van der Waals surface area contributed by atoms with Crippen molar-refractivity contribution in [3.05, 3.63) is 77.9 Å². The molecule has 0 fully saturated rings. The van der Waals surface area contributed by atoms with E-state index in [4.69, 9.17) is 4.74 Å². The van der Waals surface area contributed by atoms with Crippen molar-refractivity contribution in [1.82, 2.24) is 0 Å². The van der Waals surface area contributed by atoms with Gasteiger partial charge >= 0.3 is 0 Å². The molecule has 0 bridgehead atoms. The molecule has 0 amide bonds. The first-order chi connectivity index (χ1) is 16.3. The van der Waals surface area contributed by atoms with Crippen LogP contribution in [0.25, 0.3) is 32.3 Å². The van der Waals surface area contributed by atoms with Crippen LogP contribution in [0.2, 0.25) is 0 Å². The molecule has 0 aliphatic carbocycles. The quantitative estimate of drug-likeness (QED) is 0.221. The number of hydrogen-bond donors (Lipinski definition) is 0. The van der Waals surface area contributed by atoms with E-state index in [0.717, 1.165) is 11.5 Å². The zero-order valence-electron chi connectivity index (χ0n) is 22.2. The Bertz CT molecular complexity index is 1470. The highest BCUT2D eigenvalue weighted by molar-refractivity contribution is 8.32. The number of rotatable bonds is 1. The van der Waals surface area contributed by atoms with Gasteiger partial charge in [0.2, 0.25) is 0 Å². The first-order valence-corrected chi connectivity index (χ1v) is 15.3. The molecule has 1 aliphatic rings. The van der Waals surface area contributed by atoms with Crippen LogP contribution in [0.3, 0.4) is 0 Å². The van der Waals surface area contributed by atoms with Crippen LogP contribution >= 0.6 is 10.0 Å². The predicted molar refractivity (Wildman–Crippen MR) is 155 cm³/mol. The summed E-state index contributed by atoms with van der Waals surface area (Å²) in [7, 11) is -0.880. The lowest BCUT2D eigenvalue weighted by Crippen LogP contribution is -2.24. The van der Waals surface area contributed by atoms with E-state index in [1.54, 1.807) is 0 Å². The van der Waals surface area contributed by atoms with Crippen LogP contribution in [0.5, 0.6) is 11.5 Å². The molecule has 0 radical (unpaired) electrons. The monoisotopic (exact) mass is 470 g/mol. The summed E-state index contributed by atoms with van der Waals surface area (Å²) < 4.78 is 6.57. The second kappa shape index (κ2) is 8.82. The summed E-state index contributed by atoms with van der Waals surface area (Å²) in [6.07, 6.45) is 7.18. The van der Waals surface area contributed by atoms with Gasteiger partial charge in [-0.05, 0) is 69.5 Å². The van der Waals surface area contributed by atoms with E-state index in [1.807, 2.05) is 27.7 Å². The lowest BCUT2D eigenvalue weighted by atomic mass is 9.74. The summed E-state index contributed by atoms with van der Waals surface area (Å²) in [4.78, 5) is 1.49. The summed E-state index contributed by atoms with van der Waals surface area (Å²) in [6.45, 7) is 12.6. The van der Waals surface area contributed by atoms with Crippen molar-refractivity contribution in [3.63, 3.8) is 0 Å². The van der Waals surface area contributed by atoms with E-state index in [1.165, 1.54) is 48.3 Å². The highest BCUT2D eigenvalue weighted by Crippen LogP contribution is 2.56. The molecular formula is C32H38OS. The van der Waals surface area contributed by atoms with Crippen molar-refractivity contribution in [1.29, 1.82) is 0 Å². The van der Waals surface area contributed by atoms with Crippen LogP contribution < -0.4 is 4.74 Å². The summed E-state index contributed by atoms with van der Waals surface area (Å²) >= 11 is 0. The lowest BCUT2D eigenvalue weighted by Gasteiger charge is -2.36. The van der Waals surface area contributed by atoms with Crippen molar-refractivity contribution < 1.29 is 4.74 Å². The van der Waals surface area contributed by atoms with Gasteiger partial charge in [0.05, 0.1) is 0 Å². The molecule has 0 saturated heterocycles. The van der Waals surface area contributed by atoms with E-state index >= 15 is 0 Å². The smallest absolute Gasteiger partial charge is 0.139 e. The Morgan fingerprint density at radius 2 is 1.32 bits per heavy atom. The highest BCUT2D eigenvalue weighted by Gasteiger charge is 2.36. The highest BCUT2D eigenvalue weighted by atomic mass is 32.3. The summed E-state index contributed by atoms with van der Waals surface area (Å²) in [5.74, 6) is 2.00. The molecule has 0 N–H and O–H groups in total. The van der Waals surface area contributed by atoms with Crippen LogP contribution in [0, 0.1) is 0 Å². The molecule has 1 nitrogen and oxygen atoms in total. The number of benzene rings is 5. The molecule has 1 aliphatic heterocycles. The molecule has 178 valence electrons. The van der Waals surface area contributed by atoms with Crippen LogP contribution in [0.4, 0.5) is 0 Å². The summed E-state index contributed by atoms with van der Waals surface area (Å²) in [5.41, 5.74) is 2.43. The molecule has 5 aromatic carbocycles. The molecule has 0 saturated carbocycles. The molecule has 0 aromatic heterocycles. The molecule has 0 spiro atoms.